The first kappa shape index (κ1) is 15.0. The maximum absolute atomic E-state index is 7.68. The SMILES string of the molecule is CCCC1CCCN(Cc2ccccc2C(=N)N)CC1. The van der Waals surface area contributed by atoms with Gasteiger partial charge in [-0.25, -0.2) is 0 Å². The molecule has 20 heavy (non-hydrogen) atoms. The molecule has 1 aromatic rings. The van der Waals surface area contributed by atoms with Crippen molar-refractivity contribution in [1.29, 1.82) is 5.41 Å². The van der Waals surface area contributed by atoms with E-state index >= 15 is 0 Å². The van der Waals surface area contributed by atoms with E-state index in [4.69, 9.17) is 11.1 Å². The third kappa shape index (κ3) is 4.07. The molecule has 0 saturated carbocycles. The van der Waals surface area contributed by atoms with Crippen molar-refractivity contribution in [2.24, 2.45) is 11.7 Å². The van der Waals surface area contributed by atoms with Crippen LogP contribution in [0.5, 0.6) is 0 Å². The van der Waals surface area contributed by atoms with Crippen molar-refractivity contribution in [3.8, 4) is 0 Å². The first-order valence-electron chi connectivity index (χ1n) is 7.85. The van der Waals surface area contributed by atoms with Gasteiger partial charge in [-0.05, 0) is 43.8 Å². The predicted molar refractivity (Wildman–Crippen MR) is 85.0 cm³/mol. The van der Waals surface area contributed by atoms with Crippen LogP contribution >= 0.6 is 0 Å². The number of nitrogens with two attached hydrogens (primary N) is 1. The highest BCUT2D eigenvalue weighted by atomic mass is 15.1. The van der Waals surface area contributed by atoms with Crippen LogP contribution in [-0.2, 0) is 6.54 Å². The highest BCUT2D eigenvalue weighted by molar-refractivity contribution is 5.96. The van der Waals surface area contributed by atoms with Crippen LogP contribution in [0.15, 0.2) is 24.3 Å². The second kappa shape index (κ2) is 7.44. The van der Waals surface area contributed by atoms with E-state index in [0.717, 1.165) is 18.0 Å². The Kier molecular flexibility index (Phi) is 5.60. The van der Waals surface area contributed by atoms with Crippen molar-refractivity contribution in [3.05, 3.63) is 35.4 Å². The van der Waals surface area contributed by atoms with E-state index in [1.807, 2.05) is 18.2 Å². The molecule has 0 aliphatic carbocycles. The minimum Gasteiger partial charge on any atom is -0.384 e. The number of likely N-dealkylation sites (tertiary alicyclic amines) is 1. The minimum absolute atomic E-state index is 0.180. The van der Waals surface area contributed by atoms with Gasteiger partial charge in [-0.2, -0.15) is 0 Å². The summed E-state index contributed by atoms with van der Waals surface area (Å²) in [5.74, 6) is 1.09. The zero-order valence-electron chi connectivity index (χ0n) is 12.6. The molecule has 0 aromatic heterocycles. The number of nitrogens with zero attached hydrogens (tertiary/aromatic N) is 1. The Labute approximate surface area is 122 Å². The number of nitrogen functional groups attached to an aromatic ring is 1. The zero-order valence-corrected chi connectivity index (χ0v) is 12.6. The Morgan fingerprint density at radius 3 is 2.85 bits per heavy atom. The van der Waals surface area contributed by atoms with E-state index in [1.54, 1.807) is 0 Å². The number of rotatable bonds is 5. The third-order valence-corrected chi connectivity index (χ3v) is 4.34. The number of amidine groups is 1. The Hall–Kier alpha value is -1.35. The lowest BCUT2D eigenvalue weighted by molar-refractivity contribution is 0.271. The predicted octanol–water partition coefficient (Wildman–Crippen LogP) is 3.37. The summed E-state index contributed by atoms with van der Waals surface area (Å²) in [7, 11) is 0. The van der Waals surface area contributed by atoms with Gasteiger partial charge in [0.05, 0.1) is 0 Å². The molecule has 3 heteroatoms. The summed E-state index contributed by atoms with van der Waals surface area (Å²) in [6.45, 7) is 5.56. The quantitative estimate of drug-likeness (QED) is 0.638. The summed E-state index contributed by atoms with van der Waals surface area (Å²) >= 11 is 0. The van der Waals surface area contributed by atoms with Gasteiger partial charge >= 0.3 is 0 Å². The molecule has 1 saturated heterocycles. The smallest absolute Gasteiger partial charge is 0.123 e. The standard InChI is InChI=1S/C17H27N3/c1-2-6-14-7-5-11-20(12-10-14)13-15-8-3-4-9-16(15)17(18)19/h3-4,8-9,14H,2,5-7,10-13H2,1H3,(H3,18,19). The molecular formula is C17H27N3. The average Bonchev–Trinajstić information content (AvgIpc) is 2.65. The fourth-order valence-corrected chi connectivity index (χ4v) is 3.24. The van der Waals surface area contributed by atoms with Crippen molar-refractivity contribution in [3.63, 3.8) is 0 Å². The molecule has 1 atom stereocenters. The van der Waals surface area contributed by atoms with Crippen LogP contribution < -0.4 is 5.73 Å². The summed E-state index contributed by atoms with van der Waals surface area (Å²) in [5, 5.41) is 7.68. The second-order valence-corrected chi connectivity index (χ2v) is 5.93. The number of hydrogen-bond donors (Lipinski definition) is 2. The summed E-state index contributed by atoms with van der Waals surface area (Å²) in [5.41, 5.74) is 7.76. The van der Waals surface area contributed by atoms with Crippen LogP contribution in [0.3, 0.4) is 0 Å². The molecular weight excluding hydrogens is 246 g/mol. The molecule has 110 valence electrons. The first-order chi connectivity index (χ1) is 9.70. The molecule has 0 radical (unpaired) electrons. The Bertz CT molecular complexity index is 442. The molecule has 0 amide bonds. The van der Waals surface area contributed by atoms with Crippen LogP contribution in [0.1, 0.15) is 50.2 Å². The lowest BCUT2D eigenvalue weighted by Gasteiger charge is -2.21. The van der Waals surface area contributed by atoms with Gasteiger partial charge in [0.2, 0.25) is 0 Å². The van der Waals surface area contributed by atoms with Gasteiger partial charge in [0.25, 0.3) is 0 Å². The van der Waals surface area contributed by atoms with E-state index in [1.165, 1.54) is 50.8 Å². The van der Waals surface area contributed by atoms with Crippen LogP contribution in [-0.4, -0.2) is 23.8 Å². The Morgan fingerprint density at radius 2 is 2.10 bits per heavy atom. The van der Waals surface area contributed by atoms with Crippen molar-refractivity contribution in [2.75, 3.05) is 13.1 Å². The van der Waals surface area contributed by atoms with E-state index in [-0.39, 0.29) is 5.84 Å². The molecule has 0 bridgehead atoms. The molecule has 0 spiro atoms. The van der Waals surface area contributed by atoms with E-state index in [2.05, 4.69) is 17.9 Å². The first-order valence-corrected chi connectivity index (χ1v) is 7.85. The van der Waals surface area contributed by atoms with E-state index < -0.39 is 0 Å². The fourth-order valence-electron chi connectivity index (χ4n) is 3.24. The van der Waals surface area contributed by atoms with Gasteiger partial charge in [0, 0.05) is 12.1 Å². The molecule has 2 rings (SSSR count). The molecule has 1 aliphatic rings. The summed E-state index contributed by atoms with van der Waals surface area (Å²) in [6, 6.07) is 8.06. The highest BCUT2D eigenvalue weighted by Gasteiger charge is 2.17. The molecule has 1 aromatic carbocycles. The number of hydrogen-bond acceptors (Lipinski definition) is 2. The summed E-state index contributed by atoms with van der Waals surface area (Å²) < 4.78 is 0. The largest absolute Gasteiger partial charge is 0.384 e. The fraction of sp³-hybridized carbons (Fsp3) is 0.588. The van der Waals surface area contributed by atoms with Crippen LogP contribution in [0.2, 0.25) is 0 Å². The van der Waals surface area contributed by atoms with Crippen LogP contribution in [0.4, 0.5) is 0 Å². The summed E-state index contributed by atoms with van der Waals surface area (Å²) in [4.78, 5) is 2.53. The van der Waals surface area contributed by atoms with Gasteiger partial charge in [-0.1, -0.05) is 44.0 Å². The number of nitrogens with one attached hydrogen (secondary N) is 1. The lowest BCUT2D eigenvalue weighted by atomic mass is 9.96. The van der Waals surface area contributed by atoms with Gasteiger partial charge < -0.3 is 5.73 Å². The van der Waals surface area contributed by atoms with Gasteiger partial charge in [0.15, 0.2) is 0 Å². The van der Waals surface area contributed by atoms with Crippen LogP contribution in [0.25, 0.3) is 0 Å². The maximum atomic E-state index is 7.68. The second-order valence-electron chi connectivity index (χ2n) is 5.93. The summed E-state index contributed by atoms with van der Waals surface area (Å²) in [6.07, 6.45) is 6.66. The monoisotopic (exact) mass is 273 g/mol. The van der Waals surface area contributed by atoms with E-state index in [0.29, 0.717) is 0 Å². The molecule has 3 nitrogen and oxygen atoms in total. The average molecular weight is 273 g/mol. The Morgan fingerprint density at radius 1 is 1.30 bits per heavy atom. The molecule has 1 fully saturated rings. The van der Waals surface area contributed by atoms with Gasteiger partial charge in [-0.15, -0.1) is 0 Å². The molecule has 1 aliphatic heterocycles. The topological polar surface area (TPSA) is 53.1 Å². The highest BCUT2D eigenvalue weighted by Crippen LogP contribution is 2.23. The Balaban J connectivity index is 1.98. The molecule has 1 heterocycles. The normalized spacial score (nSPS) is 20.6. The van der Waals surface area contributed by atoms with Crippen molar-refractivity contribution in [2.45, 2.75) is 45.6 Å². The van der Waals surface area contributed by atoms with Crippen LogP contribution in [0, 0.1) is 11.3 Å². The van der Waals surface area contributed by atoms with Gasteiger partial charge in [-0.3, -0.25) is 10.3 Å². The number of benzene rings is 1. The van der Waals surface area contributed by atoms with Gasteiger partial charge in [0.1, 0.15) is 5.84 Å². The molecule has 1 unspecified atom stereocenters. The lowest BCUT2D eigenvalue weighted by Crippen LogP contribution is -2.26. The van der Waals surface area contributed by atoms with Crippen molar-refractivity contribution >= 4 is 5.84 Å². The molecule has 3 N–H and O–H groups in total. The van der Waals surface area contributed by atoms with Crippen molar-refractivity contribution in [1.82, 2.24) is 4.90 Å². The van der Waals surface area contributed by atoms with E-state index in [9.17, 15) is 0 Å². The zero-order chi connectivity index (χ0) is 14.4. The minimum atomic E-state index is 0.180. The van der Waals surface area contributed by atoms with Crippen molar-refractivity contribution < 1.29 is 0 Å². The maximum Gasteiger partial charge on any atom is 0.123 e. The third-order valence-electron chi connectivity index (χ3n) is 4.34.